The minimum atomic E-state index is -0.0319. The van der Waals surface area contributed by atoms with Crippen LogP contribution < -0.4 is 5.32 Å². The molecule has 0 spiro atoms. The van der Waals surface area contributed by atoms with E-state index in [0.29, 0.717) is 15.1 Å². The van der Waals surface area contributed by atoms with Crippen LogP contribution in [0.25, 0.3) is 0 Å². The second kappa shape index (κ2) is 8.41. The van der Waals surface area contributed by atoms with Gasteiger partial charge >= 0.3 is 0 Å². The number of nitrogens with zero attached hydrogens (tertiary/aromatic N) is 1. The molecule has 1 fully saturated rings. The van der Waals surface area contributed by atoms with Crippen LogP contribution in [-0.4, -0.2) is 23.9 Å². The van der Waals surface area contributed by atoms with E-state index < -0.39 is 0 Å². The quantitative estimate of drug-likeness (QED) is 0.739. The number of anilines is 1. The number of halogens is 3. The van der Waals surface area contributed by atoms with Gasteiger partial charge in [0.15, 0.2) is 0 Å². The van der Waals surface area contributed by atoms with E-state index in [9.17, 15) is 4.79 Å². The smallest absolute Gasteiger partial charge is 0.228 e. The van der Waals surface area contributed by atoms with Gasteiger partial charge in [0.1, 0.15) is 0 Å². The van der Waals surface area contributed by atoms with Crippen molar-refractivity contribution in [3.8, 4) is 0 Å². The lowest BCUT2D eigenvalue weighted by Gasteiger charge is -2.32. The average molecular weight is 398 g/mol. The summed E-state index contributed by atoms with van der Waals surface area (Å²) in [6, 6.07) is 12.7. The molecule has 1 aliphatic heterocycles. The zero-order valence-corrected chi connectivity index (χ0v) is 15.9. The summed E-state index contributed by atoms with van der Waals surface area (Å²) < 4.78 is 0. The van der Waals surface area contributed by atoms with Gasteiger partial charge in [-0.3, -0.25) is 9.69 Å². The number of piperidine rings is 1. The maximum absolute atomic E-state index is 12.5. The highest BCUT2D eigenvalue weighted by atomic mass is 35.5. The maximum atomic E-state index is 12.5. The lowest BCUT2D eigenvalue weighted by molar-refractivity contribution is -0.121. The van der Waals surface area contributed by atoms with Crippen LogP contribution in [0.5, 0.6) is 0 Å². The molecule has 1 heterocycles. The first kappa shape index (κ1) is 18.5. The fraction of sp³-hybridized carbons (Fsp3) is 0.316. The van der Waals surface area contributed by atoms with Crippen molar-refractivity contribution in [1.82, 2.24) is 4.90 Å². The van der Waals surface area contributed by atoms with Crippen LogP contribution in [0, 0.1) is 5.92 Å². The number of benzene rings is 2. The zero-order chi connectivity index (χ0) is 17.8. The van der Waals surface area contributed by atoms with Crippen LogP contribution in [0.3, 0.4) is 0 Å². The highest BCUT2D eigenvalue weighted by molar-refractivity contribution is 6.35. The summed E-state index contributed by atoms with van der Waals surface area (Å²) in [6.45, 7) is 2.41. The fourth-order valence-electron chi connectivity index (χ4n) is 3.08. The van der Waals surface area contributed by atoms with Crippen LogP contribution in [0.15, 0.2) is 42.5 Å². The maximum Gasteiger partial charge on any atom is 0.228 e. The topological polar surface area (TPSA) is 32.3 Å². The Labute approximate surface area is 162 Å². The van der Waals surface area contributed by atoms with Crippen LogP contribution in [-0.2, 0) is 11.3 Å². The molecular formula is C19H19Cl3N2O. The summed E-state index contributed by atoms with van der Waals surface area (Å²) in [5, 5.41) is 4.93. The average Bonchev–Trinajstić information content (AvgIpc) is 2.60. The van der Waals surface area contributed by atoms with Gasteiger partial charge in [0.05, 0.1) is 5.92 Å². The van der Waals surface area contributed by atoms with Crippen molar-refractivity contribution in [2.45, 2.75) is 19.4 Å². The van der Waals surface area contributed by atoms with Crippen LogP contribution in [0.1, 0.15) is 18.4 Å². The largest absolute Gasteiger partial charge is 0.326 e. The van der Waals surface area contributed by atoms with Gasteiger partial charge in [-0.15, -0.1) is 0 Å². The molecule has 0 aromatic heterocycles. The van der Waals surface area contributed by atoms with Gasteiger partial charge in [-0.2, -0.15) is 0 Å². The minimum Gasteiger partial charge on any atom is -0.326 e. The van der Waals surface area contributed by atoms with E-state index in [0.717, 1.165) is 43.7 Å². The van der Waals surface area contributed by atoms with E-state index in [1.807, 2.05) is 24.3 Å². The molecule has 2 aromatic rings. The highest BCUT2D eigenvalue weighted by Crippen LogP contribution is 2.25. The summed E-state index contributed by atoms with van der Waals surface area (Å²) in [7, 11) is 0. The molecule has 1 amide bonds. The number of hydrogen-bond acceptors (Lipinski definition) is 2. The molecule has 0 radical (unpaired) electrons. The van der Waals surface area contributed by atoms with Gasteiger partial charge in [-0.25, -0.2) is 0 Å². The van der Waals surface area contributed by atoms with E-state index in [-0.39, 0.29) is 11.8 Å². The van der Waals surface area contributed by atoms with Gasteiger partial charge in [0.25, 0.3) is 0 Å². The van der Waals surface area contributed by atoms with Crippen molar-refractivity contribution in [3.63, 3.8) is 0 Å². The van der Waals surface area contributed by atoms with Crippen molar-refractivity contribution in [2.75, 3.05) is 18.4 Å². The van der Waals surface area contributed by atoms with Crippen LogP contribution in [0.4, 0.5) is 5.69 Å². The Hall–Kier alpha value is -1.26. The Morgan fingerprint density at radius 1 is 1.08 bits per heavy atom. The fourth-order valence-corrected chi connectivity index (χ4v) is 3.68. The Morgan fingerprint density at radius 3 is 2.52 bits per heavy atom. The molecule has 1 saturated heterocycles. The summed E-state index contributed by atoms with van der Waals surface area (Å²) in [4.78, 5) is 14.8. The SMILES string of the molecule is O=C(Nc1ccc(Cl)cc1)[C@@H]1CCCN(Cc2ccc(Cl)cc2Cl)C1. The van der Waals surface area contributed by atoms with E-state index >= 15 is 0 Å². The minimum absolute atomic E-state index is 0.0319. The molecule has 3 nitrogen and oxygen atoms in total. The Kier molecular flexibility index (Phi) is 6.24. The molecule has 0 aliphatic carbocycles. The number of nitrogens with one attached hydrogen (secondary N) is 1. The van der Waals surface area contributed by atoms with Crippen molar-refractivity contribution in [3.05, 3.63) is 63.1 Å². The molecule has 3 rings (SSSR count). The van der Waals surface area contributed by atoms with Crippen molar-refractivity contribution >= 4 is 46.4 Å². The Bertz CT molecular complexity index is 749. The Morgan fingerprint density at radius 2 is 1.80 bits per heavy atom. The third-order valence-electron chi connectivity index (χ3n) is 4.40. The third-order valence-corrected chi connectivity index (χ3v) is 5.24. The normalized spacial score (nSPS) is 18.1. The van der Waals surface area contributed by atoms with Gasteiger partial charge in [-0.1, -0.05) is 40.9 Å². The van der Waals surface area contributed by atoms with E-state index in [1.165, 1.54) is 0 Å². The summed E-state index contributed by atoms with van der Waals surface area (Å²) in [5.74, 6) is 0.0183. The first-order chi connectivity index (χ1) is 12.0. The van der Waals surface area contributed by atoms with Gasteiger partial charge < -0.3 is 5.32 Å². The van der Waals surface area contributed by atoms with E-state index in [1.54, 1.807) is 18.2 Å². The molecule has 1 atom stereocenters. The van der Waals surface area contributed by atoms with E-state index in [2.05, 4.69) is 10.2 Å². The lowest BCUT2D eigenvalue weighted by Crippen LogP contribution is -2.40. The molecule has 2 aromatic carbocycles. The zero-order valence-electron chi connectivity index (χ0n) is 13.6. The highest BCUT2D eigenvalue weighted by Gasteiger charge is 2.26. The number of carbonyl (C=O) groups excluding carboxylic acids is 1. The van der Waals surface area contributed by atoms with Crippen molar-refractivity contribution < 1.29 is 4.79 Å². The van der Waals surface area contributed by atoms with Gasteiger partial charge in [0, 0.05) is 33.8 Å². The van der Waals surface area contributed by atoms with Crippen molar-refractivity contribution in [1.29, 1.82) is 0 Å². The van der Waals surface area contributed by atoms with Crippen LogP contribution >= 0.6 is 34.8 Å². The number of hydrogen-bond donors (Lipinski definition) is 1. The summed E-state index contributed by atoms with van der Waals surface area (Å²) in [5.41, 5.74) is 1.80. The van der Waals surface area contributed by atoms with Crippen LogP contribution in [0.2, 0.25) is 15.1 Å². The molecule has 0 saturated carbocycles. The number of rotatable bonds is 4. The summed E-state index contributed by atoms with van der Waals surface area (Å²) >= 11 is 18.1. The molecular weight excluding hydrogens is 379 g/mol. The molecule has 132 valence electrons. The molecule has 6 heteroatoms. The first-order valence-corrected chi connectivity index (χ1v) is 9.37. The number of likely N-dealkylation sites (tertiary alicyclic amines) is 1. The number of carbonyl (C=O) groups is 1. The molecule has 25 heavy (non-hydrogen) atoms. The molecule has 1 aliphatic rings. The second-order valence-corrected chi connectivity index (χ2v) is 7.59. The molecule has 0 bridgehead atoms. The molecule has 0 unspecified atom stereocenters. The Balaban J connectivity index is 1.60. The summed E-state index contributed by atoms with van der Waals surface area (Å²) in [6.07, 6.45) is 1.88. The first-order valence-electron chi connectivity index (χ1n) is 8.24. The third kappa shape index (κ3) is 5.11. The second-order valence-electron chi connectivity index (χ2n) is 6.31. The predicted octanol–water partition coefficient (Wildman–Crippen LogP) is 5.50. The number of amides is 1. The van der Waals surface area contributed by atoms with E-state index in [4.69, 9.17) is 34.8 Å². The molecule has 1 N–H and O–H groups in total. The monoisotopic (exact) mass is 396 g/mol. The van der Waals surface area contributed by atoms with Crippen molar-refractivity contribution in [2.24, 2.45) is 5.92 Å². The van der Waals surface area contributed by atoms with Gasteiger partial charge in [0.2, 0.25) is 5.91 Å². The standard InChI is InChI=1S/C19H19Cl3N2O/c20-15-5-7-17(8-6-15)23-19(25)14-2-1-9-24(12-14)11-13-3-4-16(21)10-18(13)22/h3-8,10,14H,1-2,9,11-12H2,(H,23,25)/t14-/m1/s1. The van der Waals surface area contributed by atoms with Gasteiger partial charge in [-0.05, 0) is 61.3 Å². The lowest BCUT2D eigenvalue weighted by atomic mass is 9.96. The predicted molar refractivity (Wildman–Crippen MR) is 105 cm³/mol.